The standard InChI is InChI=1S/C30H23F4N7/c31-20-4-1-3-18(10-20)21-5-2-6-23-27(21)38-29(37-23)28-25-24(39-40-28)14-36-13-22(26(25)32)19-9-17(11-35-12-19)15-41-8-7-30(33,34)16-41/h1-6,9-14,36,39H,7-8,15-16H2,(H,37,38). The van der Waals surface area contributed by atoms with Crippen LogP contribution in [0, 0.1) is 5.82 Å². The largest absolute Gasteiger partial charge is 0.365 e. The van der Waals surface area contributed by atoms with Crippen molar-refractivity contribution in [2.75, 3.05) is 13.1 Å². The number of aromatic nitrogens is 5. The first-order valence-electron chi connectivity index (χ1n) is 13.1. The number of hydrogen-bond donors (Lipinski definition) is 3. The van der Waals surface area contributed by atoms with Gasteiger partial charge in [-0.25, -0.2) is 22.5 Å². The van der Waals surface area contributed by atoms with Gasteiger partial charge in [0, 0.05) is 61.0 Å². The van der Waals surface area contributed by atoms with E-state index in [4.69, 9.17) is 4.98 Å². The van der Waals surface area contributed by atoms with Crippen molar-refractivity contribution in [2.24, 2.45) is 0 Å². The molecular formula is C30H23F4N7. The fourth-order valence-corrected chi connectivity index (χ4v) is 5.42. The number of rotatable bonds is 5. The Morgan fingerprint density at radius 2 is 1.85 bits per heavy atom. The molecule has 3 N–H and O–H groups in total. The smallest absolute Gasteiger partial charge is 0.261 e. The van der Waals surface area contributed by atoms with Gasteiger partial charge in [-0.2, -0.15) is 5.10 Å². The topological polar surface area (TPSA) is 85.5 Å². The Hall–Kier alpha value is -4.77. The maximum Gasteiger partial charge on any atom is 0.261 e. The van der Waals surface area contributed by atoms with Crippen molar-refractivity contribution in [3.8, 4) is 22.6 Å². The summed E-state index contributed by atoms with van der Waals surface area (Å²) in [6.07, 6.45) is 6.09. The van der Waals surface area contributed by atoms with E-state index in [1.807, 2.05) is 18.2 Å². The van der Waals surface area contributed by atoms with Gasteiger partial charge in [-0.3, -0.25) is 15.0 Å². The van der Waals surface area contributed by atoms with Crippen LogP contribution in [0.2, 0.25) is 0 Å². The average Bonchev–Trinajstić information content (AvgIpc) is 3.64. The minimum atomic E-state index is -2.70. The molecule has 11 heteroatoms. The third-order valence-electron chi connectivity index (χ3n) is 7.34. The molecule has 206 valence electrons. The Morgan fingerprint density at radius 1 is 0.976 bits per heavy atom. The SMILES string of the molecule is FC1=c2c(-c3nc4c(-c5cccc(F)c5)cccc4[nH]3)n[nH]c2=CNC=C1c1cncc(CN2CCC(F)(F)C2)c1. The zero-order valence-electron chi connectivity index (χ0n) is 21.6. The number of imidazole rings is 1. The van der Waals surface area contributed by atoms with E-state index in [9.17, 15) is 13.2 Å². The molecule has 0 aliphatic carbocycles. The van der Waals surface area contributed by atoms with Crippen LogP contribution in [-0.4, -0.2) is 49.1 Å². The first-order chi connectivity index (χ1) is 19.8. The van der Waals surface area contributed by atoms with E-state index in [0.717, 1.165) is 5.56 Å². The molecule has 2 aliphatic rings. The lowest BCUT2D eigenvalue weighted by atomic mass is 10.0. The second kappa shape index (κ2) is 9.70. The van der Waals surface area contributed by atoms with E-state index in [1.54, 1.807) is 35.5 Å². The molecule has 0 spiro atoms. The molecule has 3 aromatic heterocycles. The number of halogens is 4. The van der Waals surface area contributed by atoms with Gasteiger partial charge >= 0.3 is 0 Å². The van der Waals surface area contributed by atoms with Crippen LogP contribution in [0.5, 0.6) is 0 Å². The van der Waals surface area contributed by atoms with Gasteiger partial charge in [0.1, 0.15) is 17.3 Å². The molecular weight excluding hydrogens is 534 g/mol. The number of H-pyrrole nitrogens is 2. The van der Waals surface area contributed by atoms with Crippen LogP contribution in [0.15, 0.2) is 67.1 Å². The molecule has 5 heterocycles. The lowest BCUT2D eigenvalue weighted by molar-refractivity contribution is 0.0115. The summed E-state index contributed by atoms with van der Waals surface area (Å²) in [6.45, 7) is 0.272. The molecule has 0 bridgehead atoms. The number of allylic oxidation sites excluding steroid dienone is 1. The van der Waals surface area contributed by atoms with E-state index < -0.39 is 11.7 Å². The van der Waals surface area contributed by atoms with Crippen LogP contribution in [0.1, 0.15) is 17.5 Å². The highest BCUT2D eigenvalue weighted by Crippen LogP contribution is 2.31. The number of pyridine rings is 1. The van der Waals surface area contributed by atoms with Crippen LogP contribution in [0.25, 0.3) is 51.3 Å². The van der Waals surface area contributed by atoms with Crippen LogP contribution in [-0.2, 0) is 6.54 Å². The van der Waals surface area contributed by atoms with Gasteiger partial charge in [-0.15, -0.1) is 0 Å². The summed E-state index contributed by atoms with van der Waals surface area (Å²) in [7, 11) is 0. The maximum atomic E-state index is 16.4. The van der Waals surface area contributed by atoms with Crippen LogP contribution in [0.3, 0.4) is 0 Å². The van der Waals surface area contributed by atoms with Gasteiger partial charge < -0.3 is 10.3 Å². The van der Waals surface area contributed by atoms with Crippen LogP contribution < -0.4 is 15.9 Å². The number of alkyl halides is 2. The molecule has 1 fully saturated rings. The summed E-state index contributed by atoms with van der Waals surface area (Å²) in [6, 6.07) is 13.5. The summed E-state index contributed by atoms with van der Waals surface area (Å²) in [5.41, 5.74) is 4.38. The summed E-state index contributed by atoms with van der Waals surface area (Å²) in [4.78, 5) is 13.9. The molecule has 1 saturated heterocycles. The zero-order chi connectivity index (χ0) is 28.1. The van der Waals surface area contributed by atoms with Crippen molar-refractivity contribution in [2.45, 2.75) is 18.9 Å². The molecule has 0 atom stereocenters. The van der Waals surface area contributed by atoms with Crippen molar-refractivity contribution in [3.05, 3.63) is 94.6 Å². The van der Waals surface area contributed by atoms with Gasteiger partial charge in [0.15, 0.2) is 5.82 Å². The second-order valence-electron chi connectivity index (χ2n) is 10.2. The lowest BCUT2D eigenvalue weighted by Crippen LogP contribution is -2.26. The zero-order valence-corrected chi connectivity index (χ0v) is 21.6. The molecule has 7 nitrogen and oxygen atoms in total. The van der Waals surface area contributed by atoms with E-state index in [-0.39, 0.29) is 41.8 Å². The number of hydrogen-bond acceptors (Lipinski definition) is 5. The fraction of sp³-hybridized carbons (Fsp3) is 0.167. The van der Waals surface area contributed by atoms with Crippen molar-refractivity contribution < 1.29 is 17.6 Å². The molecule has 0 unspecified atom stereocenters. The first-order valence-corrected chi connectivity index (χ1v) is 13.1. The number of fused-ring (bicyclic) bond motifs is 2. The molecule has 5 aromatic rings. The van der Waals surface area contributed by atoms with Crippen molar-refractivity contribution in [1.29, 1.82) is 0 Å². The van der Waals surface area contributed by atoms with E-state index in [0.29, 0.717) is 45.4 Å². The summed E-state index contributed by atoms with van der Waals surface area (Å²) in [5, 5.41) is 10.8. The molecule has 2 aromatic carbocycles. The summed E-state index contributed by atoms with van der Waals surface area (Å²) in [5.74, 6) is -3.27. The quantitative estimate of drug-likeness (QED) is 0.278. The number of nitrogens with one attached hydrogen (secondary N) is 3. The third kappa shape index (κ3) is 4.67. The Balaban J connectivity index is 1.29. The normalized spacial score (nSPS) is 16.7. The molecule has 0 saturated carbocycles. The van der Waals surface area contributed by atoms with Crippen molar-refractivity contribution >= 4 is 28.6 Å². The highest BCUT2D eigenvalue weighted by Gasteiger charge is 2.38. The monoisotopic (exact) mass is 557 g/mol. The number of benzene rings is 2. The minimum Gasteiger partial charge on any atom is -0.365 e. The van der Waals surface area contributed by atoms with Crippen molar-refractivity contribution in [3.63, 3.8) is 0 Å². The van der Waals surface area contributed by atoms with Crippen molar-refractivity contribution in [1.82, 2.24) is 35.4 Å². The molecule has 41 heavy (non-hydrogen) atoms. The van der Waals surface area contributed by atoms with E-state index in [1.165, 1.54) is 24.5 Å². The van der Waals surface area contributed by atoms with Gasteiger partial charge in [-0.1, -0.05) is 24.3 Å². The molecule has 7 rings (SSSR count). The number of likely N-dealkylation sites (tertiary alicyclic amines) is 1. The fourth-order valence-electron chi connectivity index (χ4n) is 5.42. The highest BCUT2D eigenvalue weighted by molar-refractivity contribution is 5.96. The molecule has 0 amide bonds. The lowest BCUT2D eigenvalue weighted by Gasteiger charge is -2.16. The molecule has 2 aliphatic heterocycles. The second-order valence-corrected chi connectivity index (χ2v) is 10.2. The third-order valence-corrected chi connectivity index (χ3v) is 7.34. The highest BCUT2D eigenvalue weighted by atomic mass is 19.3. The van der Waals surface area contributed by atoms with E-state index in [2.05, 4.69) is 25.5 Å². The average molecular weight is 558 g/mol. The van der Waals surface area contributed by atoms with Gasteiger partial charge in [-0.05, 0) is 35.4 Å². The Morgan fingerprint density at radius 3 is 2.68 bits per heavy atom. The van der Waals surface area contributed by atoms with Gasteiger partial charge in [0.25, 0.3) is 5.92 Å². The minimum absolute atomic E-state index is 0.176. The van der Waals surface area contributed by atoms with Crippen LogP contribution in [0.4, 0.5) is 17.6 Å². The molecule has 0 radical (unpaired) electrons. The first kappa shape index (κ1) is 25.2. The summed E-state index contributed by atoms with van der Waals surface area (Å²) >= 11 is 0. The van der Waals surface area contributed by atoms with Gasteiger partial charge in [0.05, 0.1) is 28.1 Å². The van der Waals surface area contributed by atoms with E-state index >= 15 is 4.39 Å². The number of aromatic amines is 2. The summed E-state index contributed by atoms with van der Waals surface area (Å²) < 4.78 is 57.7. The Bertz CT molecular complexity index is 1960. The Labute approximate surface area is 231 Å². The Kier molecular flexibility index (Phi) is 5.97. The number of nitrogens with zero attached hydrogens (tertiary/aromatic N) is 4. The van der Waals surface area contributed by atoms with Crippen LogP contribution >= 0.6 is 0 Å². The maximum absolute atomic E-state index is 16.4. The predicted octanol–water partition coefficient (Wildman–Crippen LogP) is 4.46. The van der Waals surface area contributed by atoms with Gasteiger partial charge in [0.2, 0.25) is 0 Å². The predicted molar refractivity (Wildman–Crippen MR) is 147 cm³/mol. The number of para-hydroxylation sites is 1.